The average Bonchev–Trinajstić information content (AvgIpc) is 2.51. The van der Waals surface area contributed by atoms with Gasteiger partial charge >= 0.3 is 0 Å². The Morgan fingerprint density at radius 3 is 2.57 bits per heavy atom. The Bertz CT molecular complexity index is 595. The summed E-state index contributed by atoms with van der Waals surface area (Å²) >= 11 is 0. The molecule has 0 atom stereocenters. The lowest BCUT2D eigenvalue weighted by atomic mass is 9.84. The monoisotopic (exact) mass is 286 g/mol. The third kappa shape index (κ3) is 3.12. The predicted molar refractivity (Wildman–Crippen MR) is 79.0 cm³/mol. The molecule has 0 radical (unpaired) electrons. The maximum Gasteiger partial charge on any atom is 0.129 e. The van der Waals surface area contributed by atoms with E-state index in [2.05, 4.69) is 9.88 Å². The SMILES string of the molecule is OC1(c2ccccc2F)CCN(Cc2cccnc2)CC1. The van der Waals surface area contributed by atoms with Crippen LogP contribution in [0.2, 0.25) is 0 Å². The molecule has 21 heavy (non-hydrogen) atoms. The number of piperidine rings is 1. The lowest BCUT2D eigenvalue weighted by molar-refractivity contribution is -0.0302. The number of nitrogens with zero attached hydrogens (tertiary/aromatic N) is 2. The Labute approximate surface area is 124 Å². The number of hydrogen-bond acceptors (Lipinski definition) is 3. The highest BCUT2D eigenvalue weighted by atomic mass is 19.1. The highest BCUT2D eigenvalue weighted by Crippen LogP contribution is 2.34. The second-order valence-corrected chi connectivity index (χ2v) is 5.65. The zero-order chi connectivity index (χ0) is 14.7. The first-order valence-electron chi connectivity index (χ1n) is 7.26. The van der Waals surface area contributed by atoms with E-state index >= 15 is 0 Å². The van der Waals surface area contributed by atoms with Gasteiger partial charge in [0.25, 0.3) is 0 Å². The largest absolute Gasteiger partial charge is 0.385 e. The fraction of sp³-hybridized carbons (Fsp3) is 0.353. The molecule has 3 rings (SSSR count). The summed E-state index contributed by atoms with van der Waals surface area (Å²) in [7, 11) is 0. The second-order valence-electron chi connectivity index (χ2n) is 5.65. The van der Waals surface area contributed by atoms with E-state index < -0.39 is 5.60 Å². The van der Waals surface area contributed by atoms with Gasteiger partial charge in [0.2, 0.25) is 0 Å². The van der Waals surface area contributed by atoms with Crippen LogP contribution in [0.4, 0.5) is 4.39 Å². The van der Waals surface area contributed by atoms with Gasteiger partial charge < -0.3 is 5.11 Å². The van der Waals surface area contributed by atoms with E-state index in [1.165, 1.54) is 6.07 Å². The van der Waals surface area contributed by atoms with Crippen LogP contribution >= 0.6 is 0 Å². The van der Waals surface area contributed by atoms with Crippen LogP contribution in [0, 0.1) is 5.82 Å². The Kier molecular flexibility index (Phi) is 3.99. The fourth-order valence-electron chi connectivity index (χ4n) is 2.94. The van der Waals surface area contributed by atoms with Crippen molar-refractivity contribution in [2.45, 2.75) is 25.0 Å². The first kappa shape index (κ1) is 14.2. The number of aliphatic hydroxyl groups is 1. The average molecular weight is 286 g/mol. The summed E-state index contributed by atoms with van der Waals surface area (Å²) in [5.41, 5.74) is 0.538. The molecule has 4 heteroatoms. The van der Waals surface area contributed by atoms with Gasteiger partial charge in [0.15, 0.2) is 0 Å². The van der Waals surface area contributed by atoms with Gasteiger partial charge in [0, 0.05) is 37.6 Å². The van der Waals surface area contributed by atoms with Crippen LogP contribution in [0.25, 0.3) is 0 Å². The zero-order valence-corrected chi connectivity index (χ0v) is 11.9. The normalized spacial score (nSPS) is 18.6. The van der Waals surface area contributed by atoms with Gasteiger partial charge in [0.05, 0.1) is 5.60 Å². The summed E-state index contributed by atoms with van der Waals surface area (Å²) in [6.45, 7) is 2.32. The molecular weight excluding hydrogens is 267 g/mol. The van der Waals surface area contributed by atoms with Gasteiger partial charge in [-0.15, -0.1) is 0 Å². The Morgan fingerprint density at radius 2 is 1.90 bits per heavy atom. The van der Waals surface area contributed by atoms with Crippen molar-refractivity contribution in [1.29, 1.82) is 0 Å². The van der Waals surface area contributed by atoms with Crippen LogP contribution in [0.3, 0.4) is 0 Å². The first-order valence-corrected chi connectivity index (χ1v) is 7.26. The maximum absolute atomic E-state index is 13.9. The van der Waals surface area contributed by atoms with E-state index in [1.54, 1.807) is 24.4 Å². The molecule has 0 unspecified atom stereocenters. The molecule has 1 aromatic carbocycles. The van der Waals surface area contributed by atoms with Gasteiger partial charge in [-0.05, 0) is 30.5 Å². The lowest BCUT2D eigenvalue weighted by Crippen LogP contribution is -2.42. The minimum atomic E-state index is -1.04. The quantitative estimate of drug-likeness (QED) is 0.942. The maximum atomic E-state index is 13.9. The molecule has 1 aliphatic rings. The smallest absolute Gasteiger partial charge is 0.129 e. The van der Waals surface area contributed by atoms with Gasteiger partial charge in [-0.1, -0.05) is 24.3 Å². The standard InChI is InChI=1S/C17H19FN2O/c18-16-6-2-1-5-15(16)17(21)7-10-20(11-8-17)13-14-4-3-9-19-12-14/h1-6,9,12,21H,7-8,10-11,13H2. The van der Waals surface area contributed by atoms with Gasteiger partial charge in [-0.2, -0.15) is 0 Å². The van der Waals surface area contributed by atoms with Gasteiger partial charge in [-0.25, -0.2) is 4.39 Å². The van der Waals surface area contributed by atoms with E-state index in [1.807, 2.05) is 18.3 Å². The van der Waals surface area contributed by atoms with Crippen LogP contribution < -0.4 is 0 Å². The van der Waals surface area contributed by atoms with Crippen LogP contribution in [-0.2, 0) is 12.1 Å². The van der Waals surface area contributed by atoms with Crippen molar-refractivity contribution < 1.29 is 9.50 Å². The van der Waals surface area contributed by atoms with Crippen molar-refractivity contribution in [2.75, 3.05) is 13.1 Å². The highest BCUT2D eigenvalue weighted by Gasteiger charge is 2.35. The van der Waals surface area contributed by atoms with Crippen LogP contribution in [0.15, 0.2) is 48.8 Å². The van der Waals surface area contributed by atoms with Crippen molar-refractivity contribution in [2.24, 2.45) is 0 Å². The molecule has 1 N–H and O–H groups in total. The molecular formula is C17H19FN2O. The Hall–Kier alpha value is -1.78. The number of rotatable bonds is 3. The summed E-state index contributed by atoms with van der Waals surface area (Å²) < 4.78 is 13.9. The summed E-state index contributed by atoms with van der Waals surface area (Å²) in [5, 5.41) is 10.7. The van der Waals surface area contributed by atoms with E-state index in [0.717, 1.165) is 25.2 Å². The summed E-state index contributed by atoms with van der Waals surface area (Å²) in [6, 6.07) is 10.5. The predicted octanol–water partition coefficient (Wildman–Crippen LogP) is 2.70. The number of hydrogen-bond donors (Lipinski definition) is 1. The topological polar surface area (TPSA) is 36.4 Å². The lowest BCUT2D eigenvalue weighted by Gasteiger charge is -2.38. The third-order valence-corrected chi connectivity index (χ3v) is 4.19. The van der Waals surface area contributed by atoms with E-state index in [9.17, 15) is 9.50 Å². The van der Waals surface area contributed by atoms with Crippen molar-refractivity contribution in [3.8, 4) is 0 Å². The van der Waals surface area contributed by atoms with Crippen molar-refractivity contribution in [1.82, 2.24) is 9.88 Å². The molecule has 0 spiro atoms. The molecule has 1 aromatic heterocycles. The Balaban J connectivity index is 1.66. The number of benzene rings is 1. The second kappa shape index (κ2) is 5.92. The van der Waals surface area contributed by atoms with Gasteiger partial charge in [0.1, 0.15) is 5.82 Å². The molecule has 2 aromatic rings. The minimum absolute atomic E-state index is 0.319. The molecule has 3 nitrogen and oxygen atoms in total. The molecule has 2 heterocycles. The number of likely N-dealkylation sites (tertiary alicyclic amines) is 1. The summed E-state index contributed by atoms with van der Waals surface area (Å²) in [5.74, 6) is -0.319. The van der Waals surface area contributed by atoms with Crippen LogP contribution in [0.5, 0.6) is 0 Å². The molecule has 110 valence electrons. The van der Waals surface area contributed by atoms with E-state index in [-0.39, 0.29) is 5.82 Å². The molecule has 0 saturated carbocycles. The number of aromatic nitrogens is 1. The van der Waals surface area contributed by atoms with E-state index in [0.29, 0.717) is 18.4 Å². The minimum Gasteiger partial charge on any atom is -0.385 e. The third-order valence-electron chi connectivity index (χ3n) is 4.19. The first-order chi connectivity index (χ1) is 10.2. The molecule has 0 bridgehead atoms. The van der Waals surface area contributed by atoms with Crippen molar-refractivity contribution in [3.05, 3.63) is 65.7 Å². The molecule has 1 fully saturated rings. The fourth-order valence-corrected chi connectivity index (χ4v) is 2.94. The summed E-state index contributed by atoms with van der Waals surface area (Å²) in [6.07, 6.45) is 4.72. The van der Waals surface area contributed by atoms with Crippen LogP contribution in [-0.4, -0.2) is 28.1 Å². The zero-order valence-electron chi connectivity index (χ0n) is 11.9. The molecule has 0 aliphatic carbocycles. The molecule has 1 saturated heterocycles. The number of pyridine rings is 1. The Morgan fingerprint density at radius 1 is 1.14 bits per heavy atom. The van der Waals surface area contributed by atoms with E-state index in [4.69, 9.17) is 0 Å². The highest BCUT2D eigenvalue weighted by molar-refractivity contribution is 5.25. The van der Waals surface area contributed by atoms with Gasteiger partial charge in [-0.3, -0.25) is 9.88 Å². The molecule has 1 aliphatic heterocycles. The van der Waals surface area contributed by atoms with Crippen molar-refractivity contribution >= 4 is 0 Å². The van der Waals surface area contributed by atoms with Crippen molar-refractivity contribution in [3.63, 3.8) is 0 Å². The molecule has 0 amide bonds. The number of halogens is 1. The van der Waals surface area contributed by atoms with Crippen LogP contribution in [0.1, 0.15) is 24.0 Å². The summed E-state index contributed by atoms with van der Waals surface area (Å²) in [4.78, 5) is 6.38.